The van der Waals surface area contributed by atoms with E-state index in [1.807, 2.05) is 12.1 Å². The van der Waals surface area contributed by atoms with Crippen molar-refractivity contribution in [3.05, 3.63) is 35.6 Å². The average Bonchev–Trinajstić information content (AvgIpc) is 2.41. The fraction of sp³-hybridized carbons (Fsp3) is 0.647. The molecule has 2 bridgehead atoms. The molecule has 0 aromatic heterocycles. The summed E-state index contributed by atoms with van der Waals surface area (Å²) in [5.41, 5.74) is 1.29. The summed E-state index contributed by atoms with van der Waals surface area (Å²) in [5.74, 6) is 1.94. The molecule has 0 unspecified atom stereocenters. The molecule has 3 rings (SSSR count). The largest absolute Gasteiger partial charge is 0.207 e. The average molecular weight is 258 g/mol. The normalized spacial score (nSPS) is 26.5. The smallest absolute Gasteiger partial charge is 0.146 e. The molecule has 2 aliphatic heterocycles. The molecule has 0 aliphatic carbocycles. The molecule has 0 amide bonds. The van der Waals surface area contributed by atoms with Crippen LogP contribution in [-0.4, -0.2) is 6.71 Å². The molecule has 2 fully saturated rings. The maximum Gasteiger partial charge on any atom is 0.146 e. The predicted octanol–water partition coefficient (Wildman–Crippen LogP) is 5.36. The van der Waals surface area contributed by atoms with Crippen LogP contribution < -0.4 is 0 Å². The lowest BCUT2D eigenvalue weighted by molar-refractivity contribution is 0.440. The molecule has 0 saturated carbocycles. The molecule has 1 aromatic carbocycles. The van der Waals surface area contributed by atoms with Gasteiger partial charge in [-0.3, -0.25) is 0 Å². The van der Waals surface area contributed by atoms with Crippen molar-refractivity contribution in [3.8, 4) is 0 Å². The lowest BCUT2D eigenvalue weighted by Gasteiger charge is -2.40. The SMILES string of the molecule is Fc1ccc(CCCB2C3CCCC2CCC3)cc1. The Kier molecular flexibility index (Phi) is 4.25. The number of fused-ring (bicyclic) bond motifs is 2. The molecular weight excluding hydrogens is 234 g/mol. The maximum atomic E-state index is 12.9. The van der Waals surface area contributed by atoms with E-state index in [2.05, 4.69) is 0 Å². The monoisotopic (exact) mass is 258 g/mol. The van der Waals surface area contributed by atoms with Crippen molar-refractivity contribution < 1.29 is 4.39 Å². The number of benzene rings is 1. The molecule has 0 N–H and O–H groups in total. The molecule has 0 radical (unpaired) electrons. The lowest BCUT2D eigenvalue weighted by Crippen LogP contribution is -2.34. The zero-order chi connectivity index (χ0) is 13.1. The minimum atomic E-state index is -0.120. The van der Waals surface area contributed by atoms with Crippen molar-refractivity contribution in [1.82, 2.24) is 0 Å². The Bertz CT molecular complexity index is 378. The van der Waals surface area contributed by atoms with Crippen LogP contribution in [0.5, 0.6) is 0 Å². The Hall–Kier alpha value is -0.785. The molecule has 1 aromatic rings. The van der Waals surface area contributed by atoms with Crippen LogP contribution in [-0.2, 0) is 6.42 Å². The van der Waals surface area contributed by atoms with E-state index in [0.29, 0.717) is 0 Å². The zero-order valence-electron chi connectivity index (χ0n) is 11.8. The summed E-state index contributed by atoms with van der Waals surface area (Å²) in [5, 5.41) is 0. The van der Waals surface area contributed by atoms with Crippen molar-refractivity contribution in [3.63, 3.8) is 0 Å². The summed E-state index contributed by atoms with van der Waals surface area (Å²) in [6, 6.07) is 7.06. The number of halogens is 1. The summed E-state index contributed by atoms with van der Waals surface area (Å²) >= 11 is 0. The molecule has 2 heterocycles. The summed E-state index contributed by atoms with van der Waals surface area (Å²) in [6.07, 6.45) is 12.7. The van der Waals surface area contributed by atoms with E-state index >= 15 is 0 Å². The first-order chi connectivity index (χ1) is 9.33. The molecule has 102 valence electrons. The van der Waals surface area contributed by atoms with Gasteiger partial charge in [0.15, 0.2) is 0 Å². The van der Waals surface area contributed by atoms with Gasteiger partial charge < -0.3 is 0 Å². The van der Waals surface area contributed by atoms with Crippen molar-refractivity contribution in [2.24, 2.45) is 0 Å². The van der Waals surface area contributed by atoms with Crippen LogP contribution in [0.4, 0.5) is 4.39 Å². The third-order valence-corrected chi connectivity index (χ3v) is 5.43. The fourth-order valence-corrected chi connectivity index (χ4v) is 4.48. The van der Waals surface area contributed by atoms with Crippen LogP contribution in [0.3, 0.4) is 0 Å². The Balaban J connectivity index is 1.50. The summed E-state index contributed by atoms with van der Waals surface area (Å²) in [6.45, 7) is 1.00. The molecule has 2 saturated heterocycles. The van der Waals surface area contributed by atoms with Gasteiger partial charge in [0.25, 0.3) is 0 Å². The van der Waals surface area contributed by atoms with Gasteiger partial charge in [-0.2, -0.15) is 0 Å². The van der Waals surface area contributed by atoms with Gasteiger partial charge in [0.05, 0.1) is 0 Å². The molecular formula is C17H24BF. The van der Waals surface area contributed by atoms with Gasteiger partial charge in [-0.25, -0.2) is 4.39 Å². The Labute approximate surface area is 116 Å². The predicted molar refractivity (Wildman–Crippen MR) is 80.5 cm³/mol. The fourth-order valence-electron chi connectivity index (χ4n) is 4.48. The van der Waals surface area contributed by atoms with Crippen LogP contribution in [0.2, 0.25) is 18.0 Å². The minimum absolute atomic E-state index is 0.120. The van der Waals surface area contributed by atoms with Crippen molar-refractivity contribution in [2.75, 3.05) is 0 Å². The first-order valence-corrected chi connectivity index (χ1v) is 8.07. The highest BCUT2D eigenvalue weighted by atomic mass is 19.1. The van der Waals surface area contributed by atoms with Crippen LogP contribution in [0.1, 0.15) is 50.5 Å². The number of hydrogen-bond donors (Lipinski definition) is 0. The van der Waals surface area contributed by atoms with E-state index in [-0.39, 0.29) is 5.82 Å². The van der Waals surface area contributed by atoms with Crippen LogP contribution in [0, 0.1) is 5.82 Å². The quantitative estimate of drug-likeness (QED) is 0.637. The second kappa shape index (κ2) is 6.11. The van der Waals surface area contributed by atoms with Gasteiger partial charge in [0.2, 0.25) is 0 Å². The van der Waals surface area contributed by atoms with Gasteiger partial charge in [-0.1, -0.05) is 75.0 Å². The third-order valence-electron chi connectivity index (χ3n) is 5.43. The standard InChI is InChI=1S/C17H24BF/c19-17-11-9-14(10-12-17)4-3-13-18-15-5-1-6-16(18)8-2-7-15/h9-12,15-16H,1-8,13H2. The van der Waals surface area contributed by atoms with E-state index in [1.165, 1.54) is 56.8 Å². The molecule has 0 atom stereocenters. The first-order valence-electron chi connectivity index (χ1n) is 8.07. The van der Waals surface area contributed by atoms with Gasteiger partial charge in [-0.05, 0) is 24.1 Å². The van der Waals surface area contributed by atoms with Crippen LogP contribution in [0.25, 0.3) is 0 Å². The van der Waals surface area contributed by atoms with Gasteiger partial charge in [0.1, 0.15) is 12.5 Å². The summed E-state index contributed by atoms with van der Waals surface area (Å²) < 4.78 is 12.9. The summed E-state index contributed by atoms with van der Waals surface area (Å²) in [4.78, 5) is 0. The minimum Gasteiger partial charge on any atom is -0.207 e. The Morgan fingerprint density at radius 3 is 2.11 bits per heavy atom. The van der Waals surface area contributed by atoms with Gasteiger partial charge in [0, 0.05) is 0 Å². The number of rotatable bonds is 4. The number of aryl methyl sites for hydroxylation is 1. The zero-order valence-corrected chi connectivity index (χ0v) is 11.8. The van der Waals surface area contributed by atoms with Crippen LogP contribution in [0.15, 0.2) is 24.3 Å². The third kappa shape index (κ3) is 3.21. The van der Waals surface area contributed by atoms with Crippen LogP contribution >= 0.6 is 0 Å². The Morgan fingerprint density at radius 1 is 0.947 bits per heavy atom. The van der Waals surface area contributed by atoms with Gasteiger partial charge in [-0.15, -0.1) is 0 Å². The highest BCUT2D eigenvalue weighted by Crippen LogP contribution is 2.48. The van der Waals surface area contributed by atoms with E-state index in [4.69, 9.17) is 0 Å². The van der Waals surface area contributed by atoms with E-state index in [9.17, 15) is 4.39 Å². The van der Waals surface area contributed by atoms with Crippen molar-refractivity contribution >= 4 is 6.71 Å². The van der Waals surface area contributed by atoms with E-state index in [0.717, 1.165) is 24.8 Å². The number of hydrogen-bond acceptors (Lipinski definition) is 0. The second-order valence-corrected chi connectivity index (χ2v) is 6.56. The van der Waals surface area contributed by atoms with E-state index in [1.54, 1.807) is 12.1 Å². The molecule has 0 spiro atoms. The first kappa shape index (κ1) is 13.2. The lowest BCUT2D eigenvalue weighted by atomic mass is 9.26. The molecule has 2 heteroatoms. The van der Waals surface area contributed by atoms with Crippen molar-refractivity contribution in [1.29, 1.82) is 0 Å². The maximum absolute atomic E-state index is 12.9. The highest BCUT2D eigenvalue weighted by Gasteiger charge is 2.38. The second-order valence-electron chi connectivity index (χ2n) is 6.56. The molecule has 19 heavy (non-hydrogen) atoms. The Morgan fingerprint density at radius 2 is 1.53 bits per heavy atom. The van der Waals surface area contributed by atoms with Crippen molar-refractivity contribution in [2.45, 2.75) is 69.3 Å². The van der Waals surface area contributed by atoms with E-state index < -0.39 is 0 Å². The highest BCUT2D eigenvalue weighted by molar-refractivity contribution is 6.62. The topological polar surface area (TPSA) is 0 Å². The summed E-state index contributed by atoms with van der Waals surface area (Å²) in [7, 11) is 0. The molecule has 0 nitrogen and oxygen atoms in total. The van der Waals surface area contributed by atoms with Gasteiger partial charge >= 0.3 is 0 Å². The molecule has 2 aliphatic rings.